The number of allylic oxidation sites excluding steroid dienone is 3. The van der Waals surface area contributed by atoms with Crippen molar-refractivity contribution in [2.45, 2.75) is 225 Å². The smallest absolute Gasteiger partial charge is 0.326 e. The molecule has 0 heterocycles. The zero-order chi connectivity index (χ0) is 36.8. The Morgan fingerprint density at radius 3 is 1.64 bits per heavy atom. The van der Waals surface area contributed by atoms with Gasteiger partial charge in [0, 0.05) is 12.8 Å². The number of aliphatic carboxylic acids is 1. The average molecular weight is 705 g/mol. The molecule has 0 radical (unpaired) electrons. The van der Waals surface area contributed by atoms with Crippen molar-refractivity contribution in [3.05, 3.63) is 24.3 Å². The number of unbranched alkanes of at least 4 members (excludes halogenated alkanes) is 22. The van der Waals surface area contributed by atoms with E-state index < -0.39 is 12.0 Å². The number of nitrogens with one attached hydrogen (secondary N) is 1. The molecule has 7 nitrogen and oxygen atoms in total. The van der Waals surface area contributed by atoms with Crippen LogP contribution < -0.4 is 11.1 Å². The molecule has 0 aliphatic carbocycles. The second-order valence-corrected chi connectivity index (χ2v) is 14.4. The topological polar surface area (TPSA) is 119 Å². The molecule has 0 saturated heterocycles. The number of carbonyl (C=O) groups is 3. The number of esters is 1. The predicted molar refractivity (Wildman–Crippen MR) is 211 cm³/mol. The van der Waals surface area contributed by atoms with Crippen molar-refractivity contribution in [2.75, 3.05) is 6.54 Å². The zero-order valence-electron chi connectivity index (χ0n) is 32.7. The number of carboxylic acid groups (broad SMARTS) is 1. The van der Waals surface area contributed by atoms with Crippen molar-refractivity contribution >= 4 is 17.8 Å². The summed E-state index contributed by atoms with van der Waals surface area (Å²) in [7, 11) is 0. The molecule has 0 bridgehead atoms. The van der Waals surface area contributed by atoms with E-state index in [9.17, 15) is 19.5 Å². The lowest BCUT2D eigenvalue weighted by atomic mass is 10.0. The van der Waals surface area contributed by atoms with E-state index in [1.165, 1.54) is 116 Å². The van der Waals surface area contributed by atoms with Gasteiger partial charge in [-0.15, -0.1) is 0 Å². The fourth-order valence-corrected chi connectivity index (χ4v) is 6.28. The van der Waals surface area contributed by atoms with Gasteiger partial charge < -0.3 is 20.9 Å². The van der Waals surface area contributed by atoms with E-state index in [4.69, 9.17) is 10.5 Å². The fourth-order valence-electron chi connectivity index (χ4n) is 6.28. The van der Waals surface area contributed by atoms with Crippen molar-refractivity contribution < 1.29 is 24.2 Å². The highest BCUT2D eigenvalue weighted by Gasteiger charge is 2.19. The summed E-state index contributed by atoms with van der Waals surface area (Å²) in [4.78, 5) is 36.3. The normalized spacial score (nSPS) is 12.9. The summed E-state index contributed by atoms with van der Waals surface area (Å²) >= 11 is 0. The Kier molecular flexibility index (Phi) is 36.5. The van der Waals surface area contributed by atoms with Gasteiger partial charge in [0.1, 0.15) is 12.1 Å². The number of ether oxygens (including phenoxy) is 1. The van der Waals surface area contributed by atoms with Gasteiger partial charge in [0.05, 0.1) is 0 Å². The number of carbonyl (C=O) groups excluding carboxylic acids is 2. The van der Waals surface area contributed by atoms with Crippen LogP contribution >= 0.6 is 0 Å². The molecule has 7 heteroatoms. The Balaban J connectivity index is 4.30. The molecule has 4 N–H and O–H groups in total. The number of rotatable bonds is 38. The maximum Gasteiger partial charge on any atom is 0.326 e. The SMILES string of the molecule is CCCCCC/C=C\C/C=C\C(CCCCCCC(=O)NC(CCCN)C(=O)O)OC(=O)CCCCCCCCCCCCCCCCCC. The monoisotopic (exact) mass is 705 g/mol. The Bertz CT molecular complexity index is 843. The Hall–Kier alpha value is -2.15. The number of carboxylic acids is 1. The van der Waals surface area contributed by atoms with Gasteiger partial charge in [-0.25, -0.2) is 4.79 Å². The van der Waals surface area contributed by atoms with Crippen LogP contribution in [-0.4, -0.2) is 41.6 Å². The lowest BCUT2D eigenvalue weighted by Gasteiger charge is -2.15. The van der Waals surface area contributed by atoms with Crippen LogP contribution in [0.1, 0.15) is 213 Å². The number of nitrogens with two attached hydrogens (primary N) is 1. The van der Waals surface area contributed by atoms with Gasteiger partial charge in [-0.1, -0.05) is 160 Å². The van der Waals surface area contributed by atoms with Crippen LogP contribution in [-0.2, 0) is 19.1 Å². The van der Waals surface area contributed by atoms with Crippen LogP contribution in [0.3, 0.4) is 0 Å². The lowest BCUT2D eigenvalue weighted by molar-refractivity contribution is -0.147. The molecule has 292 valence electrons. The Labute approximate surface area is 308 Å². The highest BCUT2D eigenvalue weighted by Crippen LogP contribution is 2.16. The first-order chi connectivity index (χ1) is 24.4. The summed E-state index contributed by atoms with van der Waals surface area (Å²) in [6, 6.07) is -0.872. The highest BCUT2D eigenvalue weighted by molar-refractivity contribution is 5.83. The molecule has 0 aliphatic heterocycles. The first kappa shape index (κ1) is 47.8. The molecule has 0 aromatic carbocycles. The minimum Gasteiger partial charge on any atom is -0.480 e. The maximum atomic E-state index is 12.7. The predicted octanol–water partition coefficient (Wildman–Crippen LogP) is 11.7. The molecule has 0 aromatic rings. The van der Waals surface area contributed by atoms with E-state index in [0.717, 1.165) is 51.4 Å². The van der Waals surface area contributed by atoms with E-state index in [1.54, 1.807) is 0 Å². The molecule has 0 aromatic heterocycles. The molecule has 2 atom stereocenters. The second-order valence-electron chi connectivity index (χ2n) is 14.4. The number of hydrogen-bond acceptors (Lipinski definition) is 5. The van der Waals surface area contributed by atoms with Crippen molar-refractivity contribution in [3.63, 3.8) is 0 Å². The first-order valence-corrected chi connectivity index (χ1v) is 21.2. The quantitative estimate of drug-likeness (QED) is 0.0334. The van der Waals surface area contributed by atoms with Crippen LogP contribution in [0.5, 0.6) is 0 Å². The minimum absolute atomic E-state index is 0.101. The number of amides is 1. The average Bonchev–Trinajstić information content (AvgIpc) is 3.10. The van der Waals surface area contributed by atoms with Gasteiger partial charge in [0.25, 0.3) is 0 Å². The van der Waals surface area contributed by atoms with Crippen LogP contribution in [0.25, 0.3) is 0 Å². The zero-order valence-corrected chi connectivity index (χ0v) is 32.7. The van der Waals surface area contributed by atoms with Gasteiger partial charge >= 0.3 is 11.9 Å². The molecule has 0 aliphatic rings. The summed E-state index contributed by atoms with van der Waals surface area (Å²) in [6.45, 7) is 4.91. The third kappa shape index (κ3) is 34.3. The summed E-state index contributed by atoms with van der Waals surface area (Å²) in [6.07, 6.45) is 42.4. The van der Waals surface area contributed by atoms with E-state index in [1.807, 2.05) is 6.08 Å². The van der Waals surface area contributed by atoms with Crippen molar-refractivity contribution in [1.29, 1.82) is 0 Å². The van der Waals surface area contributed by atoms with Crippen LogP contribution in [0, 0.1) is 0 Å². The molecule has 0 saturated carbocycles. The van der Waals surface area contributed by atoms with E-state index in [2.05, 4.69) is 37.4 Å². The molecule has 1 amide bonds. The summed E-state index contributed by atoms with van der Waals surface area (Å²) in [5.41, 5.74) is 5.48. The maximum absolute atomic E-state index is 12.7. The van der Waals surface area contributed by atoms with Crippen LogP contribution in [0.2, 0.25) is 0 Å². The Morgan fingerprint density at radius 1 is 0.600 bits per heavy atom. The largest absolute Gasteiger partial charge is 0.480 e. The van der Waals surface area contributed by atoms with Gasteiger partial charge in [-0.05, 0) is 70.4 Å². The van der Waals surface area contributed by atoms with E-state index in [0.29, 0.717) is 38.6 Å². The fraction of sp³-hybridized carbons (Fsp3) is 0.837. The van der Waals surface area contributed by atoms with E-state index in [-0.39, 0.29) is 18.0 Å². The second kappa shape index (κ2) is 38.1. The lowest BCUT2D eigenvalue weighted by Crippen LogP contribution is -2.40. The first-order valence-electron chi connectivity index (χ1n) is 21.2. The molecular weight excluding hydrogens is 624 g/mol. The van der Waals surface area contributed by atoms with Crippen molar-refractivity contribution in [3.8, 4) is 0 Å². The third-order valence-electron chi connectivity index (χ3n) is 9.50. The molecule has 0 fully saturated rings. The summed E-state index contributed by atoms with van der Waals surface area (Å²) < 4.78 is 5.91. The van der Waals surface area contributed by atoms with Gasteiger partial charge in [0.2, 0.25) is 5.91 Å². The van der Waals surface area contributed by atoms with Gasteiger partial charge in [0.15, 0.2) is 0 Å². The van der Waals surface area contributed by atoms with Crippen molar-refractivity contribution in [1.82, 2.24) is 5.32 Å². The molecular formula is C43H80N2O5. The number of hydrogen-bond donors (Lipinski definition) is 3. The molecule has 0 spiro atoms. The third-order valence-corrected chi connectivity index (χ3v) is 9.50. The minimum atomic E-state index is -1.02. The Morgan fingerprint density at radius 2 is 1.10 bits per heavy atom. The van der Waals surface area contributed by atoms with Crippen LogP contribution in [0.4, 0.5) is 0 Å². The van der Waals surface area contributed by atoms with Crippen LogP contribution in [0.15, 0.2) is 24.3 Å². The highest BCUT2D eigenvalue weighted by atomic mass is 16.5. The van der Waals surface area contributed by atoms with Crippen molar-refractivity contribution in [2.24, 2.45) is 5.73 Å². The molecule has 2 unspecified atom stereocenters. The summed E-state index contributed by atoms with van der Waals surface area (Å²) in [5.74, 6) is -1.34. The molecule has 50 heavy (non-hydrogen) atoms. The van der Waals surface area contributed by atoms with Gasteiger partial charge in [-0.3, -0.25) is 9.59 Å². The molecule has 0 rings (SSSR count). The summed E-state index contributed by atoms with van der Waals surface area (Å²) in [5, 5.41) is 11.9. The van der Waals surface area contributed by atoms with Gasteiger partial charge in [-0.2, -0.15) is 0 Å². The standard InChI is InChI=1S/C43H80N2O5/c1-3-5-7-9-11-13-14-15-16-17-18-19-21-23-25-31-37-42(47)50-39(33-28-24-22-20-12-10-8-6-4-2)34-29-26-27-30-36-41(46)45-40(43(48)49)35-32-38-44/h20,22,28,33,39-40H,3-19,21,23-27,29-32,34-38,44H2,1-2H3,(H,45,46)(H,48,49)/b22-20-,33-28-. The van der Waals surface area contributed by atoms with E-state index >= 15 is 0 Å².